The van der Waals surface area contributed by atoms with Gasteiger partial charge in [-0.3, -0.25) is 14.5 Å². The normalized spacial score (nSPS) is 13.8. The number of benzene rings is 2. The third-order valence-corrected chi connectivity index (χ3v) is 5.82. The van der Waals surface area contributed by atoms with Gasteiger partial charge in [0.05, 0.1) is 6.54 Å². The Bertz CT molecular complexity index is 1170. The number of nitrogens with one attached hydrogen (secondary N) is 1. The fourth-order valence-corrected chi connectivity index (χ4v) is 4.35. The van der Waals surface area contributed by atoms with Crippen molar-refractivity contribution in [3.63, 3.8) is 0 Å². The molecule has 1 N–H and O–H groups in total. The number of hydrogen-bond acceptors (Lipinski definition) is 6. The smallest absolute Gasteiger partial charge is 0.278 e. The molecule has 0 aliphatic carbocycles. The third-order valence-electron chi connectivity index (χ3n) is 4.87. The molecule has 1 aromatic heterocycles. The number of imide groups is 1. The van der Waals surface area contributed by atoms with Crippen molar-refractivity contribution in [2.75, 3.05) is 5.32 Å². The minimum atomic E-state index is -0.357. The molecule has 0 atom stereocenters. The summed E-state index contributed by atoms with van der Waals surface area (Å²) in [4.78, 5) is 37.0. The van der Waals surface area contributed by atoms with Gasteiger partial charge in [-0.05, 0) is 55.8 Å². The summed E-state index contributed by atoms with van der Waals surface area (Å²) in [6.45, 7) is 5.91. The van der Waals surface area contributed by atoms with E-state index in [2.05, 4.69) is 15.3 Å². The van der Waals surface area contributed by atoms with E-state index in [1.54, 1.807) is 0 Å². The van der Waals surface area contributed by atoms with Crippen LogP contribution < -0.4 is 5.32 Å². The molecule has 4 rings (SSSR count). The molecular weight excluding hydrogens is 408 g/mol. The van der Waals surface area contributed by atoms with Gasteiger partial charge in [0, 0.05) is 17.1 Å². The van der Waals surface area contributed by atoms with E-state index in [-0.39, 0.29) is 24.1 Å². The molecule has 1 aliphatic rings. The van der Waals surface area contributed by atoms with Crippen LogP contribution in [0.5, 0.6) is 0 Å². The Labute approximate surface area is 185 Å². The zero-order valence-electron chi connectivity index (χ0n) is 17.5. The molecule has 0 spiro atoms. The Morgan fingerprint density at radius 3 is 2.19 bits per heavy atom. The fourth-order valence-electron chi connectivity index (χ4n) is 3.35. The fraction of sp³-hybridized carbons (Fsp3) is 0.167. The third kappa shape index (κ3) is 4.51. The summed E-state index contributed by atoms with van der Waals surface area (Å²) >= 11 is 1.12. The molecule has 0 bridgehead atoms. The van der Waals surface area contributed by atoms with Crippen LogP contribution >= 0.6 is 11.8 Å². The molecule has 2 heterocycles. The number of rotatable bonds is 6. The molecule has 2 aromatic carbocycles. The first-order valence-electron chi connectivity index (χ1n) is 9.89. The van der Waals surface area contributed by atoms with Crippen molar-refractivity contribution in [3.05, 3.63) is 93.8 Å². The van der Waals surface area contributed by atoms with Crippen LogP contribution in [0.25, 0.3) is 0 Å². The lowest BCUT2D eigenvalue weighted by Gasteiger charge is -2.15. The van der Waals surface area contributed by atoms with Crippen LogP contribution in [0.15, 0.2) is 76.4 Å². The van der Waals surface area contributed by atoms with Gasteiger partial charge in [-0.2, -0.15) is 0 Å². The minimum absolute atomic E-state index is 0.204. The molecule has 1 aliphatic heterocycles. The van der Waals surface area contributed by atoms with Gasteiger partial charge in [0.15, 0.2) is 5.16 Å². The van der Waals surface area contributed by atoms with Crippen LogP contribution in [-0.2, 0) is 16.1 Å². The zero-order valence-corrected chi connectivity index (χ0v) is 18.4. The molecule has 3 aromatic rings. The lowest BCUT2D eigenvalue weighted by Crippen LogP contribution is -2.32. The number of anilines is 1. The van der Waals surface area contributed by atoms with Crippen LogP contribution in [0, 0.1) is 20.8 Å². The van der Waals surface area contributed by atoms with Gasteiger partial charge in [-0.15, -0.1) is 0 Å². The van der Waals surface area contributed by atoms with E-state index in [4.69, 9.17) is 0 Å². The van der Waals surface area contributed by atoms with Crippen molar-refractivity contribution in [1.82, 2.24) is 14.9 Å². The van der Waals surface area contributed by atoms with E-state index in [9.17, 15) is 9.59 Å². The number of carbonyl (C=O) groups excluding carboxylic acids is 2. The first kappa shape index (κ1) is 20.8. The summed E-state index contributed by atoms with van der Waals surface area (Å²) in [7, 11) is 0. The molecule has 7 heteroatoms. The highest BCUT2D eigenvalue weighted by Crippen LogP contribution is 2.35. The zero-order chi connectivity index (χ0) is 22.0. The Morgan fingerprint density at radius 2 is 1.52 bits per heavy atom. The summed E-state index contributed by atoms with van der Waals surface area (Å²) in [5.41, 5.74) is 4.50. The average molecular weight is 431 g/mol. The van der Waals surface area contributed by atoms with Crippen molar-refractivity contribution in [2.45, 2.75) is 32.5 Å². The number of para-hydroxylation sites is 1. The second kappa shape index (κ2) is 8.73. The Hall–Kier alpha value is -3.45. The number of amides is 2. The van der Waals surface area contributed by atoms with Crippen LogP contribution in [0.4, 0.5) is 5.69 Å². The molecule has 0 unspecified atom stereocenters. The van der Waals surface area contributed by atoms with Gasteiger partial charge >= 0.3 is 0 Å². The van der Waals surface area contributed by atoms with Crippen LogP contribution in [0.2, 0.25) is 0 Å². The maximum absolute atomic E-state index is 13.3. The van der Waals surface area contributed by atoms with Crippen molar-refractivity contribution < 1.29 is 9.59 Å². The maximum Gasteiger partial charge on any atom is 0.278 e. The highest BCUT2D eigenvalue weighted by Gasteiger charge is 2.39. The molecular formula is C24H22N4O2S. The quantitative estimate of drug-likeness (QED) is 0.462. The number of carbonyl (C=O) groups is 2. The van der Waals surface area contributed by atoms with Gasteiger partial charge in [-0.25, -0.2) is 9.97 Å². The van der Waals surface area contributed by atoms with Gasteiger partial charge in [0.25, 0.3) is 11.8 Å². The first-order chi connectivity index (χ1) is 14.9. The Balaban J connectivity index is 1.72. The Kier molecular flexibility index (Phi) is 5.86. The van der Waals surface area contributed by atoms with Gasteiger partial charge in [0.1, 0.15) is 10.6 Å². The van der Waals surface area contributed by atoms with E-state index < -0.39 is 0 Å². The highest BCUT2D eigenvalue weighted by atomic mass is 32.2. The number of hydrogen-bond donors (Lipinski definition) is 1. The Morgan fingerprint density at radius 1 is 0.871 bits per heavy atom. The molecule has 156 valence electrons. The number of aryl methyl sites for hydroxylation is 3. The number of thioether (sulfide) groups is 1. The van der Waals surface area contributed by atoms with Crippen molar-refractivity contribution >= 4 is 29.3 Å². The monoisotopic (exact) mass is 430 g/mol. The number of aromatic nitrogens is 2. The second-order valence-electron chi connectivity index (χ2n) is 7.36. The SMILES string of the molecule is Cc1cc(C)nc(SC2=C(Nc3ccccc3C)C(=O)N(Cc3ccccc3)C2=O)n1. The van der Waals surface area contributed by atoms with E-state index in [0.29, 0.717) is 10.1 Å². The van der Waals surface area contributed by atoms with Gasteiger partial charge in [-0.1, -0.05) is 48.5 Å². The summed E-state index contributed by atoms with van der Waals surface area (Å²) in [6, 6.07) is 19.0. The van der Waals surface area contributed by atoms with Crippen LogP contribution in [0.3, 0.4) is 0 Å². The van der Waals surface area contributed by atoms with E-state index in [0.717, 1.165) is 40.0 Å². The molecule has 0 saturated heterocycles. The summed E-state index contributed by atoms with van der Waals surface area (Å²) in [5.74, 6) is -0.707. The predicted octanol–water partition coefficient (Wildman–Crippen LogP) is 4.39. The van der Waals surface area contributed by atoms with E-state index >= 15 is 0 Å². The second-order valence-corrected chi connectivity index (χ2v) is 8.34. The lowest BCUT2D eigenvalue weighted by molar-refractivity contribution is -0.137. The largest absolute Gasteiger partial charge is 0.350 e. The standard InChI is InChI=1S/C24H22N4O2S/c1-15-9-7-8-12-19(15)27-20-21(31-24-25-16(2)13-17(3)26-24)23(30)28(22(20)29)14-18-10-5-4-6-11-18/h4-13,27H,14H2,1-3H3. The molecule has 6 nitrogen and oxygen atoms in total. The molecule has 31 heavy (non-hydrogen) atoms. The van der Waals surface area contributed by atoms with E-state index in [1.165, 1.54) is 4.90 Å². The summed E-state index contributed by atoms with van der Waals surface area (Å²) in [5, 5.41) is 3.64. The van der Waals surface area contributed by atoms with Crippen LogP contribution in [-0.4, -0.2) is 26.7 Å². The maximum atomic E-state index is 13.3. The van der Waals surface area contributed by atoms with Crippen molar-refractivity contribution in [2.24, 2.45) is 0 Å². The summed E-state index contributed by atoms with van der Waals surface area (Å²) in [6.07, 6.45) is 0. The average Bonchev–Trinajstić information content (AvgIpc) is 2.94. The molecule has 0 radical (unpaired) electrons. The van der Waals surface area contributed by atoms with Gasteiger partial charge in [0.2, 0.25) is 0 Å². The first-order valence-corrected chi connectivity index (χ1v) is 10.7. The molecule has 0 saturated carbocycles. The number of nitrogens with zero attached hydrogens (tertiary/aromatic N) is 3. The lowest BCUT2D eigenvalue weighted by atomic mass is 10.2. The van der Waals surface area contributed by atoms with Crippen molar-refractivity contribution in [3.8, 4) is 0 Å². The molecule has 0 fully saturated rings. The van der Waals surface area contributed by atoms with Crippen molar-refractivity contribution in [1.29, 1.82) is 0 Å². The minimum Gasteiger partial charge on any atom is -0.350 e. The summed E-state index contributed by atoms with van der Waals surface area (Å²) < 4.78 is 0. The predicted molar refractivity (Wildman–Crippen MR) is 121 cm³/mol. The van der Waals surface area contributed by atoms with E-state index in [1.807, 2.05) is 81.4 Å². The topological polar surface area (TPSA) is 75.2 Å². The highest BCUT2D eigenvalue weighted by molar-refractivity contribution is 8.04. The van der Waals surface area contributed by atoms with Crippen LogP contribution in [0.1, 0.15) is 22.5 Å². The van der Waals surface area contributed by atoms with Gasteiger partial charge < -0.3 is 5.32 Å². The molecule has 2 amide bonds.